The smallest absolute Gasteiger partial charge is 0.0353 e. The van der Waals surface area contributed by atoms with Crippen molar-refractivity contribution in [2.75, 3.05) is 0 Å². The first-order valence-corrected chi connectivity index (χ1v) is 13.7. The van der Waals surface area contributed by atoms with Gasteiger partial charge in [-0.2, -0.15) is 0 Å². The molecule has 0 N–H and O–H groups in total. The minimum atomic E-state index is 1.17. The molecule has 8 aromatic rings. The highest BCUT2D eigenvalue weighted by Crippen LogP contribution is 2.45. The quantitative estimate of drug-likeness (QED) is 0.217. The number of nitrogens with zero attached hydrogens (tertiary/aromatic N) is 1. The minimum Gasteiger partial charge on any atom is -0.264 e. The summed E-state index contributed by atoms with van der Waals surface area (Å²) in [6, 6.07) is 50.5. The van der Waals surface area contributed by atoms with Gasteiger partial charge in [0.05, 0.1) is 0 Å². The van der Waals surface area contributed by atoms with Gasteiger partial charge in [0.1, 0.15) is 0 Å². The second-order valence-electron chi connectivity index (χ2n) is 10.4. The first kappa shape index (κ1) is 22.7. The Bertz CT molecular complexity index is 2150. The zero-order valence-corrected chi connectivity index (χ0v) is 21.9. The van der Waals surface area contributed by atoms with Gasteiger partial charge in [0.15, 0.2) is 0 Å². The molecule has 0 fully saturated rings. The molecule has 0 aliphatic rings. The molecule has 0 unspecified atom stereocenters. The summed E-state index contributed by atoms with van der Waals surface area (Å²) in [4.78, 5) is 4.61. The van der Waals surface area contributed by atoms with E-state index in [1.807, 2.05) is 12.4 Å². The zero-order chi connectivity index (χ0) is 26.5. The van der Waals surface area contributed by atoms with Gasteiger partial charge in [0.25, 0.3) is 0 Å². The van der Waals surface area contributed by atoms with Crippen molar-refractivity contribution in [2.45, 2.75) is 0 Å². The van der Waals surface area contributed by atoms with E-state index in [1.165, 1.54) is 76.5 Å². The lowest BCUT2D eigenvalue weighted by Crippen LogP contribution is -1.92. The number of hydrogen-bond acceptors (Lipinski definition) is 1. The Morgan fingerprint density at radius 3 is 1.80 bits per heavy atom. The number of aromatic nitrogens is 1. The van der Waals surface area contributed by atoms with E-state index in [1.54, 1.807) is 0 Å². The topological polar surface area (TPSA) is 12.9 Å². The van der Waals surface area contributed by atoms with Gasteiger partial charge in [-0.25, -0.2) is 0 Å². The van der Waals surface area contributed by atoms with Gasteiger partial charge in [-0.05, 0) is 89.3 Å². The molecule has 40 heavy (non-hydrogen) atoms. The van der Waals surface area contributed by atoms with Gasteiger partial charge in [0.2, 0.25) is 0 Å². The third-order valence-corrected chi connectivity index (χ3v) is 8.12. The fourth-order valence-electron chi connectivity index (χ4n) is 6.28. The second kappa shape index (κ2) is 9.18. The van der Waals surface area contributed by atoms with Crippen molar-refractivity contribution < 1.29 is 0 Å². The predicted molar refractivity (Wildman–Crippen MR) is 171 cm³/mol. The molecule has 0 aliphatic heterocycles. The van der Waals surface area contributed by atoms with Crippen LogP contribution in [0.15, 0.2) is 152 Å². The SMILES string of the molecule is c1ccc(-c2ccc3cc(-c4c5ccccc5c(-c5cccc6ccccc56)c5ccncc45)ccc3c2)cc1. The number of benzene rings is 7. The summed E-state index contributed by atoms with van der Waals surface area (Å²) >= 11 is 0. The van der Waals surface area contributed by atoms with Gasteiger partial charge in [0, 0.05) is 17.8 Å². The van der Waals surface area contributed by atoms with E-state index in [-0.39, 0.29) is 0 Å². The van der Waals surface area contributed by atoms with Gasteiger partial charge >= 0.3 is 0 Å². The molecule has 8 rings (SSSR count). The van der Waals surface area contributed by atoms with Crippen LogP contribution in [0.5, 0.6) is 0 Å². The summed E-state index contributed by atoms with van der Waals surface area (Å²) in [7, 11) is 0. The third kappa shape index (κ3) is 3.60. The fourth-order valence-corrected chi connectivity index (χ4v) is 6.28. The van der Waals surface area contributed by atoms with Crippen LogP contribution in [0.4, 0.5) is 0 Å². The standard InChI is InChI=1S/C39H25N/c1-2-9-26(10-3-1)28-17-18-30-24-31(20-19-29(30)23-28)38-34-14-6-7-15-35(34)39(36-21-22-40-25-37(36)38)33-16-8-12-27-11-4-5-13-32(27)33/h1-25H. The van der Waals surface area contributed by atoms with E-state index >= 15 is 0 Å². The molecule has 186 valence electrons. The van der Waals surface area contributed by atoms with E-state index in [0.717, 1.165) is 0 Å². The Kier molecular flexibility index (Phi) is 5.21. The van der Waals surface area contributed by atoms with E-state index in [4.69, 9.17) is 0 Å². The molecule has 1 aromatic heterocycles. The molecule has 0 saturated heterocycles. The highest BCUT2D eigenvalue weighted by atomic mass is 14.6. The van der Waals surface area contributed by atoms with E-state index < -0.39 is 0 Å². The molecular weight excluding hydrogens is 482 g/mol. The fraction of sp³-hybridized carbons (Fsp3) is 0. The van der Waals surface area contributed by atoms with E-state index in [0.29, 0.717) is 0 Å². The lowest BCUT2D eigenvalue weighted by Gasteiger charge is -2.18. The predicted octanol–water partition coefficient (Wildman–Crippen LogP) is 10.7. The van der Waals surface area contributed by atoms with Crippen LogP contribution in [-0.2, 0) is 0 Å². The van der Waals surface area contributed by atoms with Crippen molar-refractivity contribution in [1.82, 2.24) is 4.98 Å². The van der Waals surface area contributed by atoms with Crippen molar-refractivity contribution in [3.05, 3.63) is 152 Å². The molecule has 0 radical (unpaired) electrons. The van der Waals surface area contributed by atoms with Crippen LogP contribution in [0, 0.1) is 0 Å². The number of hydrogen-bond donors (Lipinski definition) is 0. The Morgan fingerprint density at radius 1 is 0.350 bits per heavy atom. The van der Waals surface area contributed by atoms with Crippen molar-refractivity contribution in [2.24, 2.45) is 0 Å². The molecule has 0 aliphatic carbocycles. The maximum absolute atomic E-state index is 4.61. The Hall–Kier alpha value is -5.27. The molecule has 7 aromatic carbocycles. The van der Waals surface area contributed by atoms with Crippen molar-refractivity contribution >= 4 is 43.1 Å². The van der Waals surface area contributed by atoms with Gasteiger partial charge in [-0.1, -0.05) is 121 Å². The van der Waals surface area contributed by atoms with Crippen LogP contribution in [0.25, 0.3) is 76.5 Å². The molecule has 1 nitrogen and oxygen atoms in total. The molecule has 0 bridgehead atoms. The van der Waals surface area contributed by atoms with Gasteiger partial charge in [-0.3, -0.25) is 4.98 Å². The Labute approximate surface area is 233 Å². The number of rotatable bonds is 3. The highest BCUT2D eigenvalue weighted by molar-refractivity contribution is 6.23. The number of pyridine rings is 1. The first-order chi connectivity index (χ1) is 19.8. The van der Waals surface area contributed by atoms with Gasteiger partial charge in [-0.15, -0.1) is 0 Å². The average molecular weight is 508 g/mol. The van der Waals surface area contributed by atoms with Crippen molar-refractivity contribution in [1.29, 1.82) is 0 Å². The van der Waals surface area contributed by atoms with Crippen LogP contribution in [0.1, 0.15) is 0 Å². The van der Waals surface area contributed by atoms with Crippen LogP contribution < -0.4 is 0 Å². The summed E-state index contributed by atoms with van der Waals surface area (Å²) < 4.78 is 0. The molecule has 0 amide bonds. The molecule has 1 heterocycles. The maximum atomic E-state index is 4.61. The summed E-state index contributed by atoms with van der Waals surface area (Å²) in [6.45, 7) is 0. The van der Waals surface area contributed by atoms with E-state index in [9.17, 15) is 0 Å². The Morgan fingerprint density at radius 2 is 0.975 bits per heavy atom. The zero-order valence-electron chi connectivity index (χ0n) is 21.9. The Balaban J connectivity index is 1.40. The van der Waals surface area contributed by atoms with E-state index in [2.05, 4.69) is 145 Å². The van der Waals surface area contributed by atoms with Crippen LogP contribution in [-0.4, -0.2) is 4.98 Å². The van der Waals surface area contributed by atoms with Crippen LogP contribution >= 0.6 is 0 Å². The monoisotopic (exact) mass is 507 g/mol. The summed E-state index contributed by atoms with van der Waals surface area (Å²) in [5, 5.41) is 9.88. The highest BCUT2D eigenvalue weighted by Gasteiger charge is 2.18. The average Bonchev–Trinajstić information content (AvgIpc) is 3.03. The second-order valence-corrected chi connectivity index (χ2v) is 10.4. The van der Waals surface area contributed by atoms with Crippen molar-refractivity contribution in [3.8, 4) is 33.4 Å². The van der Waals surface area contributed by atoms with Crippen molar-refractivity contribution in [3.63, 3.8) is 0 Å². The van der Waals surface area contributed by atoms with Crippen LogP contribution in [0.3, 0.4) is 0 Å². The normalized spacial score (nSPS) is 11.5. The lowest BCUT2D eigenvalue weighted by molar-refractivity contribution is 1.37. The lowest BCUT2D eigenvalue weighted by atomic mass is 9.85. The van der Waals surface area contributed by atoms with Crippen LogP contribution in [0.2, 0.25) is 0 Å². The summed E-state index contributed by atoms with van der Waals surface area (Å²) in [6.07, 6.45) is 3.95. The number of fused-ring (bicyclic) bond motifs is 4. The molecule has 0 spiro atoms. The molecular formula is C39H25N. The third-order valence-electron chi connectivity index (χ3n) is 8.12. The molecule has 0 saturated carbocycles. The molecule has 1 heteroatoms. The summed E-state index contributed by atoms with van der Waals surface area (Å²) in [5.41, 5.74) is 7.43. The minimum absolute atomic E-state index is 1.17. The van der Waals surface area contributed by atoms with Gasteiger partial charge < -0.3 is 0 Å². The summed E-state index contributed by atoms with van der Waals surface area (Å²) in [5.74, 6) is 0. The molecule has 0 atom stereocenters. The first-order valence-electron chi connectivity index (χ1n) is 13.7. The maximum Gasteiger partial charge on any atom is 0.0353 e. The largest absolute Gasteiger partial charge is 0.264 e.